The van der Waals surface area contributed by atoms with E-state index in [1.807, 2.05) is 13.0 Å². The summed E-state index contributed by atoms with van der Waals surface area (Å²) in [5, 5.41) is 3.03. The number of nitrogen functional groups attached to an aromatic ring is 1. The smallest absolute Gasteiger partial charge is 0.253 e. The molecule has 1 aliphatic heterocycles. The van der Waals surface area contributed by atoms with Gasteiger partial charge in [0.15, 0.2) is 0 Å². The molecule has 1 saturated heterocycles. The zero-order chi connectivity index (χ0) is 14.5. The third kappa shape index (κ3) is 4.21. The molecular weight excluding hydrogens is 318 g/mol. The lowest BCUT2D eigenvalue weighted by atomic mass is 10.1. The summed E-state index contributed by atoms with van der Waals surface area (Å²) < 4.78 is 0.862. The minimum Gasteiger partial charge on any atom is -0.398 e. The van der Waals surface area contributed by atoms with Crippen molar-refractivity contribution in [3.05, 3.63) is 28.2 Å². The average molecular weight is 340 g/mol. The second-order valence-corrected chi connectivity index (χ2v) is 6.38. The topological polar surface area (TPSA) is 58.4 Å². The van der Waals surface area contributed by atoms with Gasteiger partial charge in [-0.3, -0.25) is 4.79 Å². The van der Waals surface area contributed by atoms with Crippen molar-refractivity contribution in [2.24, 2.45) is 0 Å². The Kier molecular flexibility index (Phi) is 5.43. The largest absolute Gasteiger partial charge is 0.398 e. The molecule has 1 atom stereocenters. The number of amides is 1. The minimum atomic E-state index is -0.103. The predicted octanol–water partition coefficient (Wildman–Crippen LogP) is 2.64. The van der Waals surface area contributed by atoms with Crippen molar-refractivity contribution in [1.82, 2.24) is 10.2 Å². The highest BCUT2D eigenvalue weighted by Crippen LogP contribution is 2.18. The maximum absolute atomic E-state index is 12.2. The molecule has 0 bridgehead atoms. The molecule has 2 rings (SSSR count). The summed E-state index contributed by atoms with van der Waals surface area (Å²) in [6.45, 7) is 5.22. The number of piperidine rings is 1. The van der Waals surface area contributed by atoms with E-state index in [0.717, 1.165) is 24.1 Å². The van der Waals surface area contributed by atoms with Crippen LogP contribution in [-0.4, -0.2) is 36.5 Å². The molecule has 1 unspecified atom stereocenters. The van der Waals surface area contributed by atoms with E-state index in [1.54, 1.807) is 12.1 Å². The van der Waals surface area contributed by atoms with Crippen LogP contribution in [0.2, 0.25) is 0 Å². The number of nitrogens with two attached hydrogens (primary N) is 1. The van der Waals surface area contributed by atoms with E-state index in [9.17, 15) is 4.79 Å². The molecule has 1 aliphatic rings. The summed E-state index contributed by atoms with van der Waals surface area (Å²) in [6.07, 6.45) is 3.85. The van der Waals surface area contributed by atoms with Crippen molar-refractivity contribution in [3.8, 4) is 0 Å². The summed E-state index contributed by atoms with van der Waals surface area (Å²) in [4.78, 5) is 14.7. The number of carbonyl (C=O) groups is 1. The molecule has 20 heavy (non-hydrogen) atoms. The molecule has 0 spiro atoms. The van der Waals surface area contributed by atoms with Crippen LogP contribution in [-0.2, 0) is 0 Å². The van der Waals surface area contributed by atoms with Crippen LogP contribution in [0.25, 0.3) is 0 Å². The fraction of sp³-hybridized carbons (Fsp3) is 0.533. The number of carbonyl (C=O) groups excluding carboxylic acids is 1. The first kappa shape index (κ1) is 15.3. The summed E-state index contributed by atoms with van der Waals surface area (Å²) in [6, 6.07) is 5.47. The molecule has 1 heterocycles. The van der Waals surface area contributed by atoms with Crippen molar-refractivity contribution in [1.29, 1.82) is 0 Å². The summed E-state index contributed by atoms with van der Waals surface area (Å²) >= 11 is 3.37. The van der Waals surface area contributed by atoms with Gasteiger partial charge in [-0.25, -0.2) is 0 Å². The van der Waals surface area contributed by atoms with Crippen LogP contribution < -0.4 is 11.1 Å². The lowest BCUT2D eigenvalue weighted by molar-refractivity contribution is 0.0926. The lowest BCUT2D eigenvalue weighted by Crippen LogP contribution is -2.43. The van der Waals surface area contributed by atoms with Gasteiger partial charge in [-0.1, -0.05) is 22.4 Å². The molecule has 3 N–H and O–H groups in total. The number of likely N-dealkylation sites (tertiary alicyclic amines) is 1. The highest BCUT2D eigenvalue weighted by atomic mass is 79.9. The molecule has 4 nitrogen and oxygen atoms in total. The zero-order valence-corrected chi connectivity index (χ0v) is 13.4. The van der Waals surface area contributed by atoms with Crippen molar-refractivity contribution in [2.45, 2.75) is 32.2 Å². The van der Waals surface area contributed by atoms with Gasteiger partial charge in [-0.05, 0) is 51.1 Å². The number of halogens is 1. The molecular formula is C15H22BrN3O. The third-order valence-electron chi connectivity index (χ3n) is 3.62. The fourth-order valence-corrected chi connectivity index (χ4v) is 2.96. The Hall–Kier alpha value is -1.07. The average Bonchev–Trinajstić information content (AvgIpc) is 2.42. The van der Waals surface area contributed by atoms with E-state index < -0.39 is 0 Å². The van der Waals surface area contributed by atoms with E-state index in [1.165, 1.54) is 19.3 Å². The highest BCUT2D eigenvalue weighted by molar-refractivity contribution is 9.10. The number of benzene rings is 1. The van der Waals surface area contributed by atoms with Crippen LogP contribution >= 0.6 is 15.9 Å². The lowest BCUT2D eigenvalue weighted by Gasteiger charge is -2.29. The fourth-order valence-electron chi connectivity index (χ4n) is 2.60. The van der Waals surface area contributed by atoms with Gasteiger partial charge < -0.3 is 16.0 Å². The van der Waals surface area contributed by atoms with Crippen LogP contribution in [0.4, 0.5) is 5.69 Å². The molecule has 1 aromatic rings. The Morgan fingerprint density at radius 3 is 2.80 bits per heavy atom. The molecule has 5 heteroatoms. The van der Waals surface area contributed by atoms with Gasteiger partial charge in [-0.15, -0.1) is 0 Å². The summed E-state index contributed by atoms with van der Waals surface area (Å²) in [7, 11) is 0. The molecule has 0 aromatic heterocycles. The standard InChI is InChI=1S/C15H22BrN3O/c1-11(10-19-7-3-2-4-8-19)18-15(20)13-9-12(16)5-6-14(13)17/h5-6,9,11H,2-4,7-8,10,17H2,1H3,(H,18,20). The van der Waals surface area contributed by atoms with Crippen molar-refractivity contribution in [3.63, 3.8) is 0 Å². The van der Waals surface area contributed by atoms with E-state index in [2.05, 4.69) is 26.1 Å². The van der Waals surface area contributed by atoms with Gasteiger partial charge in [0.25, 0.3) is 5.91 Å². The van der Waals surface area contributed by atoms with Crippen molar-refractivity contribution >= 4 is 27.5 Å². The number of rotatable bonds is 4. The molecule has 0 aliphatic carbocycles. The number of nitrogens with zero attached hydrogens (tertiary/aromatic N) is 1. The minimum absolute atomic E-state index is 0.103. The highest BCUT2D eigenvalue weighted by Gasteiger charge is 2.17. The maximum Gasteiger partial charge on any atom is 0.253 e. The van der Waals surface area contributed by atoms with E-state index in [4.69, 9.17) is 5.73 Å². The number of hydrogen-bond acceptors (Lipinski definition) is 3. The second-order valence-electron chi connectivity index (χ2n) is 5.47. The Morgan fingerprint density at radius 2 is 2.10 bits per heavy atom. The Morgan fingerprint density at radius 1 is 1.40 bits per heavy atom. The Labute approximate surface area is 128 Å². The van der Waals surface area contributed by atoms with Crippen molar-refractivity contribution in [2.75, 3.05) is 25.4 Å². The molecule has 1 aromatic carbocycles. The number of anilines is 1. The van der Waals surface area contributed by atoms with Crippen LogP contribution in [0.1, 0.15) is 36.5 Å². The third-order valence-corrected chi connectivity index (χ3v) is 4.11. The molecule has 0 radical (unpaired) electrons. The van der Waals surface area contributed by atoms with Gasteiger partial charge in [0.05, 0.1) is 5.56 Å². The van der Waals surface area contributed by atoms with Gasteiger partial charge in [0, 0.05) is 22.7 Å². The van der Waals surface area contributed by atoms with Crippen LogP contribution in [0, 0.1) is 0 Å². The molecule has 1 amide bonds. The molecule has 110 valence electrons. The summed E-state index contributed by atoms with van der Waals surface area (Å²) in [5.74, 6) is -0.103. The van der Waals surface area contributed by atoms with Crippen molar-refractivity contribution < 1.29 is 4.79 Å². The van der Waals surface area contributed by atoms with E-state index in [0.29, 0.717) is 11.3 Å². The van der Waals surface area contributed by atoms with Gasteiger partial charge in [-0.2, -0.15) is 0 Å². The Balaban J connectivity index is 1.91. The van der Waals surface area contributed by atoms with Crippen LogP contribution in [0.3, 0.4) is 0 Å². The van der Waals surface area contributed by atoms with Crippen LogP contribution in [0.15, 0.2) is 22.7 Å². The van der Waals surface area contributed by atoms with E-state index in [-0.39, 0.29) is 11.9 Å². The number of nitrogens with one attached hydrogen (secondary N) is 1. The van der Waals surface area contributed by atoms with Gasteiger partial charge >= 0.3 is 0 Å². The monoisotopic (exact) mass is 339 g/mol. The normalized spacial score (nSPS) is 17.7. The Bertz CT molecular complexity index is 472. The summed E-state index contributed by atoms with van der Waals surface area (Å²) in [5.41, 5.74) is 6.90. The predicted molar refractivity (Wildman–Crippen MR) is 85.8 cm³/mol. The zero-order valence-electron chi connectivity index (χ0n) is 11.9. The number of hydrogen-bond donors (Lipinski definition) is 2. The van der Waals surface area contributed by atoms with Crippen LogP contribution in [0.5, 0.6) is 0 Å². The maximum atomic E-state index is 12.2. The first-order chi connectivity index (χ1) is 9.56. The second kappa shape index (κ2) is 7.09. The van der Waals surface area contributed by atoms with Gasteiger partial charge in [0.1, 0.15) is 0 Å². The SMILES string of the molecule is CC(CN1CCCCC1)NC(=O)c1cc(Br)ccc1N. The first-order valence-electron chi connectivity index (χ1n) is 7.14. The molecule has 1 fully saturated rings. The molecule has 0 saturated carbocycles. The van der Waals surface area contributed by atoms with Gasteiger partial charge in [0.2, 0.25) is 0 Å². The quantitative estimate of drug-likeness (QED) is 0.829. The first-order valence-corrected chi connectivity index (χ1v) is 7.94. The van der Waals surface area contributed by atoms with E-state index >= 15 is 0 Å².